The number of fused-ring (bicyclic) bond motifs is 1. The Bertz CT molecular complexity index is 1460. The lowest BCUT2D eigenvalue weighted by Gasteiger charge is -2.13. The Labute approximate surface area is 183 Å². The molecule has 4 rings (SSSR count). The lowest BCUT2D eigenvalue weighted by atomic mass is 10.2. The average Bonchev–Trinajstić information content (AvgIpc) is 2.75. The molecule has 9 heteroatoms. The maximum atomic E-state index is 13.5. The third-order valence-corrected chi connectivity index (χ3v) is 5.73. The Kier molecular flexibility index (Phi) is 5.58. The molecule has 7 nitrogen and oxygen atoms in total. The van der Waals surface area contributed by atoms with Crippen molar-refractivity contribution in [2.24, 2.45) is 0 Å². The minimum atomic E-state index is -3.45. The van der Waals surface area contributed by atoms with E-state index in [1.807, 2.05) is 0 Å². The van der Waals surface area contributed by atoms with Gasteiger partial charge < -0.3 is 10.1 Å². The van der Waals surface area contributed by atoms with Crippen LogP contribution in [0.4, 0.5) is 10.1 Å². The molecule has 162 valence electrons. The summed E-state index contributed by atoms with van der Waals surface area (Å²) in [5.41, 5.74) is 1.68. The van der Waals surface area contributed by atoms with E-state index in [-0.39, 0.29) is 22.2 Å². The van der Waals surface area contributed by atoms with E-state index in [4.69, 9.17) is 4.74 Å². The van der Waals surface area contributed by atoms with Gasteiger partial charge >= 0.3 is 0 Å². The Morgan fingerprint density at radius 2 is 1.69 bits per heavy atom. The average molecular weight is 451 g/mol. The number of halogens is 1. The number of sulfone groups is 1. The van der Waals surface area contributed by atoms with Crippen molar-refractivity contribution in [3.05, 3.63) is 83.8 Å². The van der Waals surface area contributed by atoms with Gasteiger partial charge in [-0.15, -0.1) is 0 Å². The molecule has 0 spiro atoms. The predicted molar refractivity (Wildman–Crippen MR) is 118 cm³/mol. The van der Waals surface area contributed by atoms with Gasteiger partial charge in [0.15, 0.2) is 15.5 Å². The molecule has 1 N–H and O–H groups in total. The van der Waals surface area contributed by atoms with Crippen molar-refractivity contribution in [1.29, 1.82) is 0 Å². The highest BCUT2D eigenvalue weighted by atomic mass is 32.2. The van der Waals surface area contributed by atoms with Crippen LogP contribution in [-0.2, 0) is 9.84 Å². The lowest BCUT2D eigenvalue weighted by molar-refractivity contribution is 0.101. The van der Waals surface area contributed by atoms with Crippen LogP contribution in [0.3, 0.4) is 0 Å². The molecule has 0 fully saturated rings. The number of hydrogen-bond acceptors (Lipinski definition) is 6. The summed E-state index contributed by atoms with van der Waals surface area (Å²) in [6.45, 7) is 1.67. The first-order valence-corrected chi connectivity index (χ1v) is 11.4. The van der Waals surface area contributed by atoms with Crippen LogP contribution in [0.5, 0.6) is 11.6 Å². The Morgan fingerprint density at radius 3 is 2.38 bits per heavy atom. The van der Waals surface area contributed by atoms with E-state index in [0.29, 0.717) is 22.3 Å². The first kappa shape index (κ1) is 21.4. The monoisotopic (exact) mass is 451 g/mol. The predicted octanol–water partition coefficient (Wildman–Crippen LogP) is 4.53. The van der Waals surface area contributed by atoms with Crippen molar-refractivity contribution >= 4 is 32.5 Å². The highest BCUT2D eigenvalue weighted by Gasteiger charge is 2.20. The van der Waals surface area contributed by atoms with E-state index in [9.17, 15) is 17.6 Å². The van der Waals surface area contributed by atoms with E-state index >= 15 is 0 Å². The van der Waals surface area contributed by atoms with Gasteiger partial charge in [-0.3, -0.25) is 4.79 Å². The molecule has 0 aliphatic carbocycles. The smallest absolute Gasteiger partial charge is 0.279 e. The fourth-order valence-electron chi connectivity index (χ4n) is 3.03. The van der Waals surface area contributed by atoms with Gasteiger partial charge in [0.25, 0.3) is 11.8 Å². The quantitative estimate of drug-likeness (QED) is 0.479. The summed E-state index contributed by atoms with van der Waals surface area (Å²) >= 11 is 0. The van der Waals surface area contributed by atoms with Crippen LogP contribution in [0, 0.1) is 12.7 Å². The van der Waals surface area contributed by atoms with Gasteiger partial charge in [-0.05, 0) is 61.0 Å². The summed E-state index contributed by atoms with van der Waals surface area (Å²) in [5.74, 6) is -0.786. The van der Waals surface area contributed by atoms with Gasteiger partial charge in [0.2, 0.25) is 0 Å². The summed E-state index contributed by atoms with van der Waals surface area (Å²) in [6, 6.07) is 16.8. The second kappa shape index (κ2) is 8.35. The molecule has 0 unspecified atom stereocenters. The fourth-order valence-corrected chi connectivity index (χ4v) is 3.70. The Morgan fingerprint density at radius 1 is 0.969 bits per heavy atom. The second-order valence-corrected chi connectivity index (χ2v) is 9.15. The van der Waals surface area contributed by atoms with Crippen LogP contribution in [0.2, 0.25) is 0 Å². The minimum Gasteiger partial charge on any atom is -0.437 e. The third kappa shape index (κ3) is 4.57. The van der Waals surface area contributed by atoms with Crippen LogP contribution in [0.15, 0.2) is 71.6 Å². The first-order chi connectivity index (χ1) is 15.2. The highest BCUT2D eigenvalue weighted by molar-refractivity contribution is 7.90. The van der Waals surface area contributed by atoms with Gasteiger partial charge in [0.1, 0.15) is 11.6 Å². The van der Waals surface area contributed by atoms with Crippen LogP contribution >= 0.6 is 0 Å². The van der Waals surface area contributed by atoms with Gasteiger partial charge in [-0.1, -0.05) is 18.2 Å². The number of nitrogens with one attached hydrogen (secondary N) is 1. The lowest BCUT2D eigenvalue weighted by Crippen LogP contribution is -2.16. The summed E-state index contributed by atoms with van der Waals surface area (Å²) in [6.07, 6.45) is 1.08. The first-order valence-electron chi connectivity index (χ1n) is 9.53. The SMILES string of the molecule is Cc1cc(F)ccc1Oc1nc2ccccc2nc1C(=O)Nc1cccc(S(C)(=O)=O)c1. The molecule has 0 saturated heterocycles. The number of amides is 1. The molecular formula is C23H18FN3O4S. The standard InChI is InChI=1S/C23H18FN3O4S/c1-14-12-15(24)10-11-20(14)31-23-21(26-18-8-3-4-9-19(18)27-23)22(28)25-16-6-5-7-17(13-16)32(2,29)30/h3-13H,1-2H3,(H,25,28). The molecule has 4 aromatic rings. The fraction of sp³-hybridized carbons (Fsp3) is 0.0870. The van der Waals surface area contributed by atoms with Crippen molar-refractivity contribution < 1.29 is 22.3 Å². The minimum absolute atomic E-state index is 0.0600. The number of nitrogens with zero attached hydrogens (tertiary/aromatic N) is 2. The van der Waals surface area contributed by atoms with Crippen molar-refractivity contribution in [3.8, 4) is 11.6 Å². The maximum Gasteiger partial charge on any atom is 0.279 e. The maximum absolute atomic E-state index is 13.5. The number of para-hydroxylation sites is 2. The third-order valence-electron chi connectivity index (χ3n) is 4.62. The van der Waals surface area contributed by atoms with Crippen molar-refractivity contribution in [3.63, 3.8) is 0 Å². The van der Waals surface area contributed by atoms with E-state index < -0.39 is 21.6 Å². The number of hydrogen-bond donors (Lipinski definition) is 1. The molecular weight excluding hydrogens is 433 g/mol. The molecule has 1 heterocycles. The number of benzene rings is 3. The van der Waals surface area contributed by atoms with Crippen LogP contribution in [0.25, 0.3) is 11.0 Å². The van der Waals surface area contributed by atoms with Crippen LogP contribution in [0.1, 0.15) is 16.1 Å². The van der Waals surface area contributed by atoms with Crippen LogP contribution < -0.4 is 10.1 Å². The molecule has 0 aliphatic rings. The topological polar surface area (TPSA) is 98.2 Å². The summed E-state index contributed by atoms with van der Waals surface area (Å²) in [4.78, 5) is 21.9. The molecule has 0 atom stereocenters. The van der Waals surface area contributed by atoms with E-state index in [1.165, 1.54) is 36.4 Å². The largest absolute Gasteiger partial charge is 0.437 e. The summed E-state index contributed by atoms with van der Waals surface area (Å²) < 4.78 is 43.0. The molecule has 32 heavy (non-hydrogen) atoms. The molecule has 0 aliphatic heterocycles. The molecule has 0 saturated carbocycles. The van der Waals surface area contributed by atoms with E-state index in [1.54, 1.807) is 37.3 Å². The van der Waals surface area contributed by atoms with Gasteiger partial charge in [0, 0.05) is 11.9 Å². The van der Waals surface area contributed by atoms with Crippen molar-refractivity contribution in [1.82, 2.24) is 9.97 Å². The number of carbonyl (C=O) groups is 1. The van der Waals surface area contributed by atoms with Gasteiger partial charge in [-0.25, -0.2) is 22.8 Å². The zero-order valence-electron chi connectivity index (χ0n) is 17.2. The van der Waals surface area contributed by atoms with Gasteiger partial charge in [-0.2, -0.15) is 0 Å². The van der Waals surface area contributed by atoms with E-state index in [2.05, 4.69) is 15.3 Å². The zero-order valence-corrected chi connectivity index (χ0v) is 18.0. The zero-order chi connectivity index (χ0) is 22.9. The number of aromatic nitrogens is 2. The molecule has 0 bridgehead atoms. The van der Waals surface area contributed by atoms with Crippen molar-refractivity contribution in [2.45, 2.75) is 11.8 Å². The Hall–Kier alpha value is -3.85. The van der Waals surface area contributed by atoms with Crippen molar-refractivity contribution in [2.75, 3.05) is 11.6 Å². The normalized spacial score (nSPS) is 11.3. The molecule has 1 aromatic heterocycles. The summed E-state index contributed by atoms with van der Waals surface area (Å²) in [5, 5.41) is 2.64. The summed E-state index contributed by atoms with van der Waals surface area (Å²) in [7, 11) is -3.45. The van der Waals surface area contributed by atoms with Crippen LogP contribution in [-0.4, -0.2) is 30.5 Å². The second-order valence-electron chi connectivity index (χ2n) is 7.13. The Balaban J connectivity index is 1.75. The molecule has 0 radical (unpaired) electrons. The number of aryl methyl sites for hydroxylation is 1. The molecule has 3 aromatic carbocycles. The number of rotatable bonds is 5. The molecule has 1 amide bonds. The van der Waals surface area contributed by atoms with E-state index in [0.717, 1.165) is 6.26 Å². The number of carbonyl (C=O) groups excluding carboxylic acids is 1. The number of ether oxygens (including phenoxy) is 1. The number of anilines is 1. The van der Waals surface area contributed by atoms with Gasteiger partial charge in [0.05, 0.1) is 15.9 Å². The highest BCUT2D eigenvalue weighted by Crippen LogP contribution is 2.28.